The van der Waals surface area contributed by atoms with E-state index in [9.17, 15) is 14.4 Å². The van der Waals surface area contributed by atoms with Gasteiger partial charge in [-0.15, -0.1) is 0 Å². The fourth-order valence-corrected chi connectivity index (χ4v) is 7.07. The predicted octanol–water partition coefficient (Wildman–Crippen LogP) is 10.1. The highest BCUT2D eigenvalue weighted by Crippen LogP contribution is 2.26. The van der Waals surface area contributed by atoms with E-state index in [4.69, 9.17) is 9.84 Å². The molecule has 0 aromatic heterocycles. The zero-order chi connectivity index (χ0) is 36.7. The van der Waals surface area contributed by atoms with Crippen LogP contribution >= 0.6 is 0 Å². The van der Waals surface area contributed by atoms with Crippen molar-refractivity contribution in [2.24, 2.45) is 5.92 Å². The van der Waals surface area contributed by atoms with Gasteiger partial charge in [-0.25, -0.2) is 0 Å². The molecule has 0 aromatic rings. The molecule has 0 heterocycles. The van der Waals surface area contributed by atoms with Gasteiger partial charge in [0.2, 0.25) is 0 Å². The minimum absolute atomic E-state index is 0.00738. The fourth-order valence-electron chi connectivity index (χ4n) is 7.07. The van der Waals surface area contributed by atoms with Crippen molar-refractivity contribution in [3.8, 4) is 0 Å². The molecule has 0 saturated heterocycles. The summed E-state index contributed by atoms with van der Waals surface area (Å²) in [5.41, 5.74) is 1.77. The Bertz CT molecular complexity index is 892. The molecule has 0 radical (unpaired) electrons. The number of hydrogen-bond donors (Lipinski definition) is 3. The summed E-state index contributed by atoms with van der Waals surface area (Å²) in [4.78, 5) is 38.1. The number of aliphatic carboxylic acids is 1. The maximum absolute atomic E-state index is 12.8. The van der Waals surface area contributed by atoms with Gasteiger partial charge in [-0.3, -0.25) is 14.4 Å². The molecule has 8 heteroatoms. The second-order valence-electron chi connectivity index (χ2n) is 14.9. The average Bonchev–Trinajstić information content (AvgIpc) is 3.10. The Hall–Kier alpha value is -2.09. The number of ketones is 1. The van der Waals surface area contributed by atoms with Crippen molar-refractivity contribution >= 4 is 17.7 Å². The summed E-state index contributed by atoms with van der Waals surface area (Å²) in [6.45, 7) is 10.5. The number of nitrogens with one attached hydrogen (secondary N) is 2. The second kappa shape index (κ2) is 31.6. The van der Waals surface area contributed by atoms with Crippen LogP contribution < -0.4 is 10.6 Å². The summed E-state index contributed by atoms with van der Waals surface area (Å²) >= 11 is 0. The molecule has 0 spiro atoms. The van der Waals surface area contributed by atoms with E-state index in [-0.39, 0.29) is 30.2 Å². The Balaban J connectivity index is 2.35. The third-order valence-corrected chi connectivity index (χ3v) is 10.3. The van der Waals surface area contributed by atoms with E-state index in [1.807, 2.05) is 6.92 Å². The van der Waals surface area contributed by atoms with Crippen LogP contribution in [0.15, 0.2) is 11.4 Å². The van der Waals surface area contributed by atoms with Gasteiger partial charge in [0.05, 0.1) is 11.6 Å². The van der Waals surface area contributed by atoms with Crippen molar-refractivity contribution in [2.45, 2.75) is 200 Å². The van der Waals surface area contributed by atoms with E-state index in [1.165, 1.54) is 83.5 Å². The number of nitrogens with zero attached hydrogens (tertiary/aromatic N) is 1. The van der Waals surface area contributed by atoms with Gasteiger partial charge in [-0.1, -0.05) is 117 Å². The number of carbonyl (C=O) groups excluding carboxylic acids is 2. The van der Waals surface area contributed by atoms with E-state index < -0.39 is 5.97 Å². The average molecular weight is 706 g/mol. The van der Waals surface area contributed by atoms with Crippen LogP contribution in [0.25, 0.3) is 0 Å². The number of carboxylic acid groups (broad SMARTS) is 1. The molecule has 1 unspecified atom stereocenters. The van der Waals surface area contributed by atoms with Gasteiger partial charge in [0.25, 0.3) is 0 Å². The molecule has 292 valence electrons. The third kappa shape index (κ3) is 23.4. The molecule has 1 atom stereocenters. The maximum Gasteiger partial charge on any atom is 0.306 e. The quantitative estimate of drug-likeness (QED) is 0.0433. The summed E-state index contributed by atoms with van der Waals surface area (Å²) in [7, 11) is 1.81. The summed E-state index contributed by atoms with van der Waals surface area (Å²) in [5, 5.41) is 15.4. The highest BCUT2D eigenvalue weighted by molar-refractivity contribution is 6.05. The van der Waals surface area contributed by atoms with Crippen LogP contribution in [0.4, 0.5) is 0 Å². The van der Waals surface area contributed by atoms with Gasteiger partial charge in [-0.05, 0) is 84.3 Å². The smallest absolute Gasteiger partial charge is 0.306 e. The minimum atomic E-state index is -0.700. The Morgan fingerprint density at radius 2 is 1.14 bits per heavy atom. The van der Waals surface area contributed by atoms with Crippen molar-refractivity contribution in [3.05, 3.63) is 11.4 Å². The molecule has 1 aliphatic rings. The lowest BCUT2D eigenvalue weighted by Gasteiger charge is -2.30. The Labute approximate surface area is 307 Å². The van der Waals surface area contributed by atoms with Gasteiger partial charge in [0.15, 0.2) is 5.78 Å². The number of Topliss-reactive ketones (excluding diaryl/α,β-unsaturated/α-hetero) is 1. The molecule has 0 fully saturated rings. The van der Waals surface area contributed by atoms with Crippen LogP contribution in [0, 0.1) is 5.92 Å². The van der Waals surface area contributed by atoms with E-state index in [0.717, 1.165) is 115 Å². The Kier molecular flexibility index (Phi) is 29.1. The minimum Gasteiger partial charge on any atom is -0.481 e. The fraction of sp³-hybridized carbons (Fsp3) is 0.881. The largest absolute Gasteiger partial charge is 0.481 e. The topological polar surface area (TPSA) is 108 Å². The lowest BCUT2D eigenvalue weighted by atomic mass is 9.86. The summed E-state index contributed by atoms with van der Waals surface area (Å²) < 4.78 is 6.04. The van der Waals surface area contributed by atoms with Gasteiger partial charge >= 0.3 is 11.9 Å². The number of hydrogen-bond acceptors (Lipinski definition) is 7. The summed E-state index contributed by atoms with van der Waals surface area (Å²) in [6, 6.07) is 0. The van der Waals surface area contributed by atoms with Crippen molar-refractivity contribution in [1.29, 1.82) is 0 Å². The van der Waals surface area contributed by atoms with Gasteiger partial charge in [-0.2, -0.15) is 0 Å². The number of unbranched alkanes of at least 4 members (excludes halogenated alkanes) is 18. The molecule has 0 aromatic carbocycles. The molecule has 1 aliphatic carbocycles. The number of esters is 1. The zero-order valence-electron chi connectivity index (χ0n) is 33.1. The first-order valence-electron chi connectivity index (χ1n) is 21.2. The molecule has 3 N–H and O–H groups in total. The SMILES string of the molecule is CCCCCCCCC(CCCCCCCC)OC(=O)CCCCCCCN(CCCCCCCC(=O)O)CCCNC1=C(NC)C(=O)C1C. The third-order valence-electron chi connectivity index (χ3n) is 10.3. The van der Waals surface area contributed by atoms with E-state index in [1.54, 1.807) is 7.05 Å². The first kappa shape index (κ1) is 45.9. The Morgan fingerprint density at radius 1 is 0.680 bits per heavy atom. The van der Waals surface area contributed by atoms with Crippen LogP contribution in [0.3, 0.4) is 0 Å². The molecule has 1 rings (SSSR count). The van der Waals surface area contributed by atoms with Crippen LogP contribution in [-0.4, -0.2) is 67.1 Å². The molecule has 0 aliphatic heterocycles. The zero-order valence-corrected chi connectivity index (χ0v) is 33.1. The van der Waals surface area contributed by atoms with Crippen molar-refractivity contribution in [2.75, 3.05) is 33.2 Å². The molecule has 50 heavy (non-hydrogen) atoms. The van der Waals surface area contributed by atoms with E-state index >= 15 is 0 Å². The van der Waals surface area contributed by atoms with Crippen LogP contribution in [0.1, 0.15) is 194 Å². The van der Waals surface area contributed by atoms with Gasteiger partial charge < -0.3 is 25.4 Å². The number of carbonyl (C=O) groups is 3. The molecular weight excluding hydrogens is 626 g/mol. The Morgan fingerprint density at radius 3 is 1.66 bits per heavy atom. The normalized spacial score (nSPS) is 14.4. The highest BCUT2D eigenvalue weighted by atomic mass is 16.5. The maximum atomic E-state index is 12.8. The van der Waals surface area contributed by atoms with Crippen LogP contribution in [0.5, 0.6) is 0 Å². The molecule has 0 bridgehead atoms. The van der Waals surface area contributed by atoms with Gasteiger partial charge in [0, 0.05) is 32.1 Å². The molecular formula is C42H79N3O5. The number of allylic oxidation sites excluding steroid dienone is 2. The highest BCUT2D eigenvalue weighted by Gasteiger charge is 2.34. The predicted molar refractivity (Wildman–Crippen MR) is 208 cm³/mol. The van der Waals surface area contributed by atoms with E-state index in [0.29, 0.717) is 6.42 Å². The standard InChI is InChI=1S/C42H79N3O5/c1-5-7-9-11-15-21-28-37(29-22-16-12-10-8-6-2)50-39(48)31-24-18-14-20-26-34-45(33-25-19-13-17-23-30-38(46)47)35-27-32-44-40-36(3)42(49)41(40)43-4/h36-37,43-44H,5-35H2,1-4H3,(H,46,47). The van der Waals surface area contributed by atoms with Crippen LogP contribution in [0.2, 0.25) is 0 Å². The van der Waals surface area contributed by atoms with E-state index in [2.05, 4.69) is 29.4 Å². The molecule has 8 nitrogen and oxygen atoms in total. The van der Waals surface area contributed by atoms with Crippen molar-refractivity contribution in [1.82, 2.24) is 15.5 Å². The lowest BCUT2D eigenvalue weighted by molar-refractivity contribution is -0.150. The molecule has 0 amide bonds. The second-order valence-corrected chi connectivity index (χ2v) is 14.9. The van der Waals surface area contributed by atoms with Crippen molar-refractivity contribution < 1.29 is 24.2 Å². The number of carboxylic acids is 1. The summed E-state index contributed by atoms with van der Waals surface area (Å²) in [6.07, 6.45) is 29.9. The van der Waals surface area contributed by atoms with Crippen molar-refractivity contribution in [3.63, 3.8) is 0 Å². The molecule has 0 saturated carbocycles. The monoisotopic (exact) mass is 706 g/mol. The first-order valence-corrected chi connectivity index (χ1v) is 21.2. The number of likely N-dealkylation sites (N-methyl/N-ethyl adjacent to an activating group) is 1. The first-order chi connectivity index (χ1) is 24.3. The van der Waals surface area contributed by atoms with Crippen LogP contribution in [-0.2, 0) is 19.1 Å². The summed E-state index contributed by atoms with van der Waals surface area (Å²) in [5.74, 6) is -0.538. The van der Waals surface area contributed by atoms with Gasteiger partial charge in [0.1, 0.15) is 6.10 Å². The number of ether oxygens (including phenoxy) is 1. The number of rotatable bonds is 37. The lowest BCUT2D eigenvalue weighted by Crippen LogP contribution is -2.42.